The van der Waals surface area contributed by atoms with E-state index in [1.165, 1.54) is 0 Å². The first-order valence-electron chi connectivity index (χ1n) is 6.26. The molecule has 0 aliphatic rings. The molecule has 0 saturated carbocycles. The van der Waals surface area contributed by atoms with E-state index in [0.29, 0.717) is 5.56 Å². The molecule has 0 unspecified atom stereocenters. The maximum Gasteiger partial charge on any atom is 0.126 e. The highest BCUT2D eigenvalue weighted by Gasteiger charge is 2.10. The molecule has 96 valence electrons. The van der Waals surface area contributed by atoms with Crippen LogP contribution in [-0.2, 0) is 7.05 Å². The van der Waals surface area contributed by atoms with Crippen LogP contribution in [0.1, 0.15) is 11.1 Å². The van der Waals surface area contributed by atoms with Crippen LogP contribution in [0.4, 0.5) is 4.39 Å². The lowest BCUT2D eigenvalue weighted by atomic mass is 9.98. The molecule has 0 atom stereocenters. The molecule has 0 radical (unpaired) electrons. The molecule has 1 aromatic heterocycles. The molecule has 0 aliphatic heterocycles. The summed E-state index contributed by atoms with van der Waals surface area (Å²) in [7, 11) is 1.89. The molecule has 0 saturated heterocycles. The fourth-order valence-corrected chi connectivity index (χ4v) is 2.39. The van der Waals surface area contributed by atoms with Crippen molar-refractivity contribution >= 4 is 10.9 Å². The number of rotatable bonds is 1. The average Bonchev–Trinajstić information content (AvgIpc) is 2.75. The Kier molecular flexibility index (Phi) is 2.63. The SMILES string of the molecule is Cc1cc(-c2cccc3nn(C)cc23)cc(F)c1C. The van der Waals surface area contributed by atoms with E-state index in [1.807, 2.05) is 44.4 Å². The lowest BCUT2D eigenvalue weighted by molar-refractivity contribution is 0.617. The average molecular weight is 254 g/mol. The van der Waals surface area contributed by atoms with Gasteiger partial charge in [-0.2, -0.15) is 5.10 Å². The third kappa shape index (κ3) is 1.91. The van der Waals surface area contributed by atoms with E-state index in [2.05, 4.69) is 5.10 Å². The van der Waals surface area contributed by atoms with E-state index >= 15 is 0 Å². The lowest BCUT2D eigenvalue weighted by Gasteiger charge is -2.08. The van der Waals surface area contributed by atoms with Crippen molar-refractivity contribution in [3.05, 3.63) is 53.5 Å². The van der Waals surface area contributed by atoms with Gasteiger partial charge in [0.15, 0.2) is 0 Å². The number of nitrogens with zero attached hydrogens (tertiary/aromatic N) is 2. The summed E-state index contributed by atoms with van der Waals surface area (Å²) in [6.07, 6.45) is 1.97. The number of hydrogen-bond donors (Lipinski definition) is 0. The number of hydrogen-bond acceptors (Lipinski definition) is 1. The summed E-state index contributed by atoms with van der Waals surface area (Å²) in [5.41, 5.74) is 4.53. The minimum absolute atomic E-state index is 0.157. The third-order valence-electron chi connectivity index (χ3n) is 3.58. The monoisotopic (exact) mass is 254 g/mol. The van der Waals surface area contributed by atoms with Crippen LogP contribution in [0.15, 0.2) is 36.5 Å². The molecular weight excluding hydrogens is 239 g/mol. The Bertz CT molecular complexity index is 749. The summed E-state index contributed by atoms with van der Waals surface area (Å²) in [4.78, 5) is 0. The molecule has 19 heavy (non-hydrogen) atoms. The minimum Gasteiger partial charge on any atom is -0.275 e. The van der Waals surface area contributed by atoms with E-state index < -0.39 is 0 Å². The first kappa shape index (κ1) is 11.9. The van der Waals surface area contributed by atoms with E-state index in [-0.39, 0.29) is 5.82 Å². The zero-order chi connectivity index (χ0) is 13.6. The maximum absolute atomic E-state index is 13.9. The van der Waals surface area contributed by atoms with Crippen molar-refractivity contribution in [2.24, 2.45) is 7.05 Å². The Morgan fingerprint density at radius 1 is 1.16 bits per heavy atom. The highest BCUT2D eigenvalue weighted by atomic mass is 19.1. The number of halogens is 1. The highest BCUT2D eigenvalue weighted by molar-refractivity contribution is 5.94. The minimum atomic E-state index is -0.157. The second-order valence-electron chi connectivity index (χ2n) is 4.94. The summed E-state index contributed by atoms with van der Waals surface area (Å²) in [6.45, 7) is 3.74. The van der Waals surface area contributed by atoms with Gasteiger partial charge in [0, 0.05) is 18.6 Å². The van der Waals surface area contributed by atoms with Crippen LogP contribution < -0.4 is 0 Å². The summed E-state index contributed by atoms with van der Waals surface area (Å²) in [6, 6.07) is 9.56. The van der Waals surface area contributed by atoms with Crippen molar-refractivity contribution < 1.29 is 4.39 Å². The van der Waals surface area contributed by atoms with Gasteiger partial charge in [0.2, 0.25) is 0 Å². The Labute approximate surface area is 111 Å². The summed E-state index contributed by atoms with van der Waals surface area (Å²) in [5, 5.41) is 5.43. The highest BCUT2D eigenvalue weighted by Crippen LogP contribution is 2.30. The molecule has 2 aromatic carbocycles. The first-order valence-corrected chi connectivity index (χ1v) is 6.26. The molecule has 0 spiro atoms. The fourth-order valence-electron chi connectivity index (χ4n) is 2.39. The molecule has 3 aromatic rings. The lowest BCUT2D eigenvalue weighted by Crippen LogP contribution is -1.90. The van der Waals surface area contributed by atoms with Gasteiger partial charge in [-0.25, -0.2) is 4.39 Å². The Morgan fingerprint density at radius 3 is 2.68 bits per heavy atom. The molecule has 0 bridgehead atoms. The van der Waals surface area contributed by atoms with E-state index in [0.717, 1.165) is 27.6 Å². The van der Waals surface area contributed by atoms with Gasteiger partial charge in [-0.3, -0.25) is 4.68 Å². The van der Waals surface area contributed by atoms with Crippen molar-refractivity contribution in [1.29, 1.82) is 0 Å². The molecule has 0 amide bonds. The molecular formula is C16H15FN2. The fraction of sp³-hybridized carbons (Fsp3) is 0.188. The van der Waals surface area contributed by atoms with Gasteiger partial charge < -0.3 is 0 Å². The Hall–Kier alpha value is -2.16. The van der Waals surface area contributed by atoms with Crippen LogP contribution in [0.3, 0.4) is 0 Å². The topological polar surface area (TPSA) is 17.8 Å². The van der Waals surface area contributed by atoms with Crippen LogP contribution >= 0.6 is 0 Å². The van der Waals surface area contributed by atoms with Crippen molar-refractivity contribution in [1.82, 2.24) is 9.78 Å². The molecule has 0 aliphatic carbocycles. The second-order valence-corrected chi connectivity index (χ2v) is 4.94. The normalized spacial score (nSPS) is 11.2. The van der Waals surface area contributed by atoms with Gasteiger partial charge in [0.1, 0.15) is 5.82 Å². The zero-order valence-corrected chi connectivity index (χ0v) is 11.2. The predicted octanol–water partition coefficient (Wildman–Crippen LogP) is 4.00. The third-order valence-corrected chi connectivity index (χ3v) is 3.58. The van der Waals surface area contributed by atoms with Crippen LogP contribution in [0.2, 0.25) is 0 Å². The summed E-state index contributed by atoms with van der Waals surface area (Å²) >= 11 is 0. The molecule has 1 heterocycles. The second kappa shape index (κ2) is 4.19. The zero-order valence-electron chi connectivity index (χ0n) is 11.2. The van der Waals surface area contributed by atoms with Gasteiger partial charge in [-0.1, -0.05) is 18.2 Å². The van der Waals surface area contributed by atoms with Crippen molar-refractivity contribution in [3.8, 4) is 11.1 Å². The largest absolute Gasteiger partial charge is 0.275 e. The smallest absolute Gasteiger partial charge is 0.126 e. The van der Waals surface area contributed by atoms with Crippen LogP contribution in [-0.4, -0.2) is 9.78 Å². The van der Waals surface area contributed by atoms with Gasteiger partial charge in [0.05, 0.1) is 5.52 Å². The molecule has 3 rings (SSSR count). The van der Waals surface area contributed by atoms with Crippen LogP contribution in [0, 0.1) is 19.7 Å². The van der Waals surface area contributed by atoms with Crippen molar-refractivity contribution in [3.63, 3.8) is 0 Å². The van der Waals surface area contributed by atoms with Crippen molar-refractivity contribution in [2.75, 3.05) is 0 Å². The van der Waals surface area contributed by atoms with Crippen molar-refractivity contribution in [2.45, 2.75) is 13.8 Å². The van der Waals surface area contributed by atoms with Gasteiger partial charge in [-0.15, -0.1) is 0 Å². The molecule has 0 fully saturated rings. The number of aryl methyl sites for hydroxylation is 2. The Balaban J connectivity index is 2.30. The van der Waals surface area contributed by atoms with E-state index in [9.17, 15) is 4.39 Å². The standard InChI is InChI=1S/C16H15FN2/c1-10-7-12(8-15(17)11(10)2)13-5-4-6-16-14(13)9-19(3)18-16/h4-9H,1-3H3. The first-order chi connectivity index (χ1) is 9.06. The van der Waals surface area contributed by atoms with Gasteiger partial charge >= 0.3 is 0 Å². The number of fused-ring (bicyclic) bond motifs is 1. The number of benzene rings is 2. The van der Waals surface area contributed by atoms with Gasteiger partial charge in [-0.05, 0) is 48.2 Å². The maximum atomic E-state index is 13.9. The quantitative estimate of drug-likeness (QED) is 0.642. The van der Waals surface area contributed by atoms with Crippen LogP contribution in [0.25, 0.3) is 22.0 Å². The Morgan fingerprint density at radius 2 is 1.95 bits per heavy atom. The predicted molar refractivity (Wildman–Crippen MR) is 75.6 cm³/mol. The van der Waals surface area contributed by atoms with E-state index in [4.69, 9.17) is 0 Å². The van der Waals surface area contributed by atoms with Gasteiger partial charge in [0.25, 0.3) is 0 Å². The summed E-state index contributed by atoms with van der Waals surface area (Å²) in [5.74, 6) is -0.157. The molecule has 0 N–H and O–H groups in total. The molecule has 2 nitrogen and oxygen atoms in total. The summed E-state index contributed by atoms with van der Waals surface area (Å²) < 4.78 is 15.7. The molecule has 3 heteroatoms. The van der Waals surface area contributed by atoms with Crippen LogP contribution in [0.5, 0.6) is 0 Å². The number of aromatic nitrogens is 2. The van der Waals surface area contributed by atoms with E-state index in [1.54, 1.807) is 17.7 Å².